The highest BCUT2D eigenvalue weighted by Gasteiger charge is 2.15. The van der Waals surface area contributed by atoms with Crippen LogP contribution < -0.4 is 5.32 Å². The van der Waals surface area contributed by atoms with Gasteiger partial charge in [-0.3, -0.25) is 0 Å². The van der Waals surface area contributed by atoms with E-state index in [9.17, 15) is 4.39 Å². The van der Waals surface area contributed by atoms with Crippen molar-refractivity contribution in [3.63, 3.8) is 0 Å². The molecule has 1 N–H and O–H groups in total. The number of anilines is 1. The molecule has 112 valence electrons. The zero-order valence-electron chi connectivity index (χ0n) is 12.5. The maximum atomic E-state index is 13.3. The number of benzene rings is 1. The predicted molar refractivity (Wildman–Crippen MR) is 87.2 cm³/mol. The average molecular weight is 352 g/mol. The molecule has 0 amide bonds. The molecule has 0 radical (unpaired) electrons. The van der Waals surface area contributed by atoms with Gasteiger partial charge in [0, 0.05) is 13.0 Å². The number of hydrogen-bond acceptors (Lipinski definition) is 3. The van der Waals surface area contributed by atoms with Gasteiger partial charge in [-0.15, -0.1) is 0 Å². The van der Waals surface area contributed by atoms with Gasteiger partial charge in [0.15, 0.2) is 0 Å². The van der Waals surface area contributed by atoms with Gasteiger partial charge in [0.25, 0.3) is 0 Å². The highest BCUT2D eigenvalue weighted by molar-refractivity contribution is 9.10. The molecule has 0 atom stereocenters. The molecule has 1 aromatic heterocycles. The Morgan fingerprint density at radius 1 is 1.29 bits per heavy atom. The minimum Gasteiger partial charge on any atom is -0.369 e. The molecule has 5 heteroatoms. The minimum absolute atomic E-state index is 0.236. The number of hydrogen-bond donors (Lipinski definition) is 1. The van der Waals surface area contributed by atoms with Crippen LogP contribution in [0.3, 0.4) is 0 Å². The van der Waals surface area contributed by atoms with Crippen LogP contribution in [0, 0.1) is 5.82 Å². The zero-order valence-corrected chi connectivity index (χ0v) is 14.0. The molecule has 3 nitrogen and oxygen atoms in total. The van der Waals surface area contributed by atoms with E-state index in [2.05, 4.69) is 45.1 Å². The average Bonchev–Trinajstić information content (AvgIpc) is 2.42. The number of rotatable bonds is 5. The molecular weight excluding hydrogens is 333 g/mol. The highest BCUT2D eigenvalue weighted by atomic mass is 79.9. The lowest BCUT2D eigenvalue weighted by molar-refractivity contribution is 0.625. The molecule has 0 aliphatic carbocycles. The molecule has 2 rings (SSSR count). The summed E-state index contributed by atoms with van der Waals surface area (Å²) in [5.41, 5.74) is 1.84. The van der Waals surface area contributed by atoms with Crippen molar-refractivity contribution in [2.45, 2.75) is 33.1 Å². The lowest BCUT2D eigenvalue weighted by Crippen LogP contribution is -2.09. The van der Waals surface area contributed by atoms with E-state index in [1.165, 1.54) is 12.1 Å². The third-order valence-corrected chi connectivity index (χ3v) is 3.85. The van der Waals surface area contributed by atoms with E-state index in [1.807, 2.05) is 13.0 Å². The Balaban J connectivity index is 2.39. The van der Waals surface area contributed by atoms with Crippen LogP contribution in [-0.2, 0) is 6.42 Å². The number of nitrogens with one attached hydrogen (secondary N) is 1. The largest absolute Gasteiger partial charge is 0.369 e. The van der Waals surface area contributed by atoms with Crippen LogP contribution in [0.5, 0.6) is 0 Å². The summed E-state index contributed by atoms with van der Waals surface area (Å²) in [4.78, 5) is 9.16. The fourth-order valence-corrected chi connectivity index (χ4v) is 2.86. The summed E-state index contributed by atoms with van der Waals surface area (Å²) >= 11 is 3.57. The van der Waals surface area contributed by atoms with Crippen molar-refractivity contribution in [1.29, 1.82) is 0 Å². The van der Waals surface area contributed by atoms with Crippen molar-refractivity contribution < 1.29 is 4.39 Å². The lowest BCUT2D eigenvalue weighted by atomic mass is 10.1. The van der Waals surface area contributed by atoms with Crippen molar-refractivity contribution in [3.8, 4) is 0 Å². The van der Waals surface area contributed by atoms with E-state index in [0.29, 0.717) is 12.2 Å². The monoisotopic (exact) mass is 351 g/mol. The van der Waals surface area contributed by atoms with Gasteiger partial charge in [-0.1, -0.05) is 26.0 Å². The smallest absolute Gasteiger partial charge is 0.144 e. The number of halogens is 2. The molecular formula is C16H19BrFN3. The molecule has 0 unspecified atom stereocenters. The maximum Gasteiger partial charge on any atom is 0.144 e. The number of nitrogens with zero attached hydrogens (tertiary/aromatic N) is 2. The first-order valence-electron chi connectivity index (χ1n) is 7.05. The quantitative estimate of drug-likeness (QED) is 0.860. The molecule has 1 aromatic carbocycles. The molecule has 1 heterocycles. The summed E-state index contributed by atoms with van der Waals surface area (Å²) in [5.74, 6) is 1.54. The third-order valence-electron chi connectivity index (χ3n) is 3.07. The Hall–Kier alpha value is -1.49. The standard InChI is InChI=1S/C16H19BrFN3/c1-4-19-16-14(17)15(10(2)3)20-13(21-16)9-11-6-5-7-12(18)8-11/h5-8,10H,4,9H2,1-3H3,(H,19,20,21). The number of aromatic nitrogens is 2. The van der Waals surface area contributed by atoms with Crippen molar-refractivity contribution >= 4 is 21.7 Å². The summed E-state index contributed by atoms with van der Waals surface area (Å²) in [7, 11) is 0. The SMILES string of the molecule is CCNc1nc(Cc2cccc(F)c2)nc(C(C)C)c1Br. The van der Waals surface area contributed by atoms with Gasteiger partial charge in [0.2, 0.25) is 0 Å². The molecule has 2 aromatic rings. The van der Waals surface area contributed by atoms with E-state index in [1.54, 1.807) is 6.07 Å². The Kier molecular flexibility index (Phi) is 5.28. The fraction of sp³-hybridized carbons (Fsp3) is 0.375. The van der Waals surface area contributed by atoms with E-state index >= 15 is 0 Å². The first-order chi connectivity index (χ1) is 10.0. The Labute approximate surface area is 133 Å². The van der Waals surface area contributed by atoms with Crippen LogP contribution in [0.25, 0.3) is 0 Å². The summed E-state index contributed by atoms with van der Waals surface area (Å²) in [6.45, 7) is 6.99. The molecule has 21 heavy (non-hydrogen) atoms. The van der Waals surface area contributed by atoms with Gasteiger partial charge in [0.1, 0.15) is 17.5 Å². The molecule has 0 aliphatic heterocycles. The van der Waals surface area contributed by atoms with E-state index in [-0.39, 0.29) is 11.7 Å². The van der Waals surface area contributed by atoms with Gasteiger partial charge < -0.3 is 5.32 Å². The fourth-order valence-electron chi connectivity index (χ4n) is 2.09. The molecule has 0 saturated carbocycles. The van der Waals surface area contributed by atoms with Gasteiger partial charge in [-0.05, 0) is 46.5 Å². The van der Waals surface area contributed by atoms with Crippen LogP contribution >= 0.6 is 15.9 Å². The normalized spacial score (nSPS) is 11.0. The van der Waals surface area contributed by atoms with Crippen molar-refractivity contribution in [1.82, 2.24) is 9.97 Å². The van der Waals surface area contributed by atoms with Crippen molar-refractivity contribution in [2.75, 3.05) is 11.9 Å². The summed E-state index contributed by atoms with van der Waals surface area (Å²) < 4.78 is 14.2. The van der Waals surface area contributed by atoms with E-state index < -0.39 is 0 Å². The van der Waals surface area contributed by atoms with Gasteiger partial charge in [0.05, 0.1) is 10.2 Å². The van der Waals surface area contributed by atoms with Gasteiger partial charge in [-0.25, -0.2) is 14.4 Å². The van der Waals surface area contributed by atoms with Crippen molar-refractivity contribution in [3.05, 3.63) is 51.6 Å². The van der Waals surface area contributed by atoms with Crippen LogP contribution in [0.15, 0.2) is 28.7 Å². The summed E-state index contributed by atoms with van der Waals surface area (Å²) in [5, 5.41) is 3.24. The van der Waals surface area contributed by atoms with E-state index in [4.69, 9.17) is 0 Å². The first-order valence-corrected chi connectivity index (χ1v) is 7.85. The van der Waals surface area contributed by atoms with E-state index in [0.717, 1.165) is 28.1 Å². The van der Waals surface area contributed by atoms with Crippen LogP contribution in [0.1, 0.15) is 43.8 Å². The Morgan fingerprint density at radius 2 is 2.05 bits per heavy atom. The lowest BCUT2D eigenvalue weighted by Gasteiger charge is -2.14. The highest BCUT2D eigenvalue weighted by Crippen LogP contribution is 2.29. The second kappa shape index (κ2) is 6.98. The van der Waals surface area contributed by atoms with Crippen LogP contribution in [-0.4, -0.2) is 16.5 Å². The summed E-state index contributed by atoms with van der Waals surface area (Å²) in [6, 6.07) is 6.55. The minimum atomic E-state index is -0.236. The van der Waals surface area contributed by atoms with Crippen molar-refractivity contribution in [2.24, 2.45) is 0 Å². The Bertz CT molecular complexity index is 629. The first kappa shape index (κ1) is 15.9. The summed E-state index contributed by atoms with van der Waals surface area (Å²) in [6.07, 6.45) is 0.517. The van der Waals surface area contributed by atoms with Gasteiger partial charge in [-0.2, -0.15) is 0 Å². The second-order valence-electron chi connectivity index (χ2n) is 5.18. The van der Waals surface area contributed by atoms with Crippen LogP contribution in [0.2, 0.25) is 0 Å². The molecule has 0 bridgehead atoms. The third kappa shape index (κ3) is 4.00. The zero-order chi connectivity index (χ0) is 15.4. The molecule has 0 saturated heterocycles. The molecule has 0 fully saturated rings. The van der Waals surface area contributed by atoms with Gasteiger partial charge >= 0.3 is 0 Å². The molecule has 0 spiro atoms. The molecule has 0 aliphatic rings. The topological polar surface area (TPSA) is 37.8 Å². The Morgan fingerprint density at radius 3 is 2.67 bits per heavy atom. The predicted octanol–water partition coefficient (Wildman–Crippen LogP) is 4.52. The maximum absolute atomic E-state index is 13.3. The second-order valence-corrected chi connectivity index (χ2v) is 5.97. The van der Waals surface area contributed by atoms with Crippen LogP contribution in [0.4, 0.5) is 10.2 Å².